The van der Waals surface area contributed by atoms with Gasteiger partial charge in [-0.2, -0.15) is 0 Å². The van der Waals surface area contributed by atoms with Gasteiger partial charge in [0.05, 0.1) is 11.4 Å². The summed E-state index contributed by atoms with van der Waals surface area (Å²) >= 11 is 5.66. The molecule has 4 aromatic carbocycles. The van der Waals surface area contributed by atoms with Crippen molar-refractivity contribution in [3.63, 3.8) is 0 Å². The number of carbonyl (C=O) groups excluding carboxylic acids is 2. The largest absolute Gasteiger partial charge is 0.270 e. The Balaban J connectivity index is 1.50. The minimum absolute atomic E-state index is 0.0587. The molecule has 1 aliphatic heterocycles. The second kappa shape index (κ2) is 10.3. The summed E-state index contributed by atoms with van der Waals surface area (Å²) in [6.07, 6.45) is 2.47. The second-order valence-corrected chi connectivity index (χ2v) is 9.57. The summed E-state index contributed by atoms with van der Waals surface area (Å²) in [5.41, 5.74) is 6.96. The van der Waals surface area contributed by atoms with Gasteiger partial charge in [0.2, 0.25) is 0 Å². The molecule has 0 N–H and O–H groups in total. The molecule has 1 fully saturated rings. The lowest BCUT2D eigenvalue weighted by Crippen LogP contribution is -2.56. The Morgan fingerprint density at radius 3 is 1.62 bits per heavy atom. The van der Waals surface area contributed by atoms with Crippen LogP contribution in [0.25, 0.3) is 6.08 Å². The van der Waals surface area contributed by atoms with Crippen LogP contribution in [0.5, 0.6) is 0 Å². The molecule has 1 heterocycles. The number of aryl methyl sites for hydroxylation is 2. The number of thiocarbonyl (C=S) groups is 1. The summed E-state index contributed by atoms with van der Waals surface area (Å²) in [6, 6.07) is 32.9. The molecular weight excluding hydrogens is 476 g/mol. The molecule has 0 aliphatic carbocycles. The van der Waals surface area contributed by atoms with Gasteiger partial charge < -0.3 is 0 Å². The van der Waals surface area contributed by atoms with E-state index in [1.165, 1.54) is 26.5 Å². The van der Waals surface area contributed by atoms with Crippen molar-refractivity contribution in [2.24, 2.45) is 0 Å². The van der Waals surface area contributed by atoms with Gasteiger partial charge in [0.25, 0.3) is 11.8 Å². The number of rotatable bonds is 5. The molecule has 37 heavy (non-hydrogen) atoms. The van der Waals surface area contributed by atoms with Gasteiger partial charge in [0.1, 0.15) is 5.57 Å². The standard InChI is InChI=1S/C32H26N2O2S/c1-22-17-23(2)19-26(18-22)20-24-13-15-25(16-14-24)21-29-30(35)33(27-9-5-3-6-10-27)32(37)34(31(29)36)28-11-7-4-8-12-28/h3-19,21H,20H2,1-2H3. The normalized spacial score (nSPS) is 13.8. The van der Waals surface area contributed by atoms with E-state index in [1.807, 2.05) is 84.9 Å². The van der Waals surface area contributed by atoms with Crippen molar-refractivity contribution in [2.75, 3.05) is 9.80 Å². The first-order valence-electron chi connectivity index (χ1n) is 12.1. The van der Waals surface area contributed by atoms with E-state index in [-0.39, 0.29) is 10.7 Å². The lowest BCUT2D eigenvalue weighted by Gasteiger charge is -2.36. The monoisotopic (exact) mass is 502 g/mol. The average molecular weight is 503 g/mol. The van der Waals surface area contributed by atoms with Gasteiger partial charge in [-0.25, -0.2) is 0 Å². The van der Waals surface area contributed by atoms with Crippen LogP contribution in [0.2, 0.25) is 0 Å². The number of amides is 2. The van der Waals surface area contributed by atoms with E-state index in [1.54, 1.807) is 6.08 Å². The van der Waals surface area contributed by atoms with Gasteiger partial charge >= 0.3 is 0 Å². The summed E-state index contributed by atoms with van der Waals surface area (Å²) < 4.78 is 0. The molecule has 0 atom stereocenters. The number of hydrogen-bond acceptors (Lipinski definition) is 3. The van der Waals surface area contributed by atoms with Crippen molar-refractivity contribution >= 4 is 46.6 Å². The van der Waals surface area contributed by atoms with Crippen molar-refractivity contribution < 1.29 is 9.59 Å². The van der Waals surface area contributed by atoms with Gasteiger partial charge in [-0.15, -0.1) is 0 Å². The topological polar surface area (TPSA) is 40.6 Å². The lowest BCUT2D eigenvalue weighted by molar-refractivity contribution is -0.120. The maximum atomic E-state index is 13.6. The van der Waals surface area contributed by atoms with E-state index in [4.69, 9.17) is 12.2 Å². The Morgan fingerprint density at radius 2 is 1.14 bits per heavy atom. The summed E-state index contributed by atoms with van der Waals surface area (Å²) in [6.45, 7) is 4.21. The molecule has 1 aliphatic rings. The van der Waals surface area contributed by atoms with Crippen molar-refractivity contribution in [1.29, 1.82) is 0 Å². The van der Waals surface area contributed by atoms with Crippen molar-refractivity contribution in [2.45, 2.75) is 20.3 Å². The van der Waals surface area contributed by atoms with Crippen LogP contribution >= 0.6 is 12.2 Å². The second-order valence-electron chi connectivity index (χ2n) is 9.21. The molecule has 0 saturated carbocycles. The van der Waals surface area contributed by atoms with Gasteiger partial charge in [0, 0.05) is 0 Å². The molecule has 0 bridgehead atoms. The molecule has 0 spiro atoms. The van der Waals surface area contributed by atoms with Gasteiger partial charge in [0.15, 0.2) is 5.11 Å². The van der Waals surface area contributed by atoms with Crippen molar-refractivity contribution in [1.82, 2.24) is 0 Å². The molecule has 0 aromatic heterocycles. The smallest absolute Gasteiger partial charge is 0.268 e. The highest BCUT2D eigenvalue weighted by molar-refractivity contribution is 7.81. The number of para-hydroxylation sites is 2. The highest BCUT2D eigenvalue weighted by Gasteiger charge is 2.41. The van der Waals surface area contributed by atoms with Crippen LogP contribution < -0.4 is 9.80 Å². The first kappa shape index (κ1) is 24.3. The predicted octanol–water partition coefficient (Wildman–Crippen LogP) is 6.64. The first-order valence-corrected chi connectivity index (χ1v) is 12.5. The molecule has 5 heteroatoms. The fourth-order valence-electron chi connectivity index (χ4n) is 4.64. The van der Waals surface area contributed by atoms with E-state index in [0.29, 0.717) is 11.4 Å². The number of nitrogens with zero attached hydrogens (tertiary/aromatic N) is 2. The maximum Gasteiger partial charge on any atom is 0.270 e. The Morgan fingerprint density at radius 1 is 0.649 bits per heavy atom. The minimum atomic E-state index is -0.437. The molecular formula is C32H26N2O2S. The Kier molecular flexibility index (Phi) is 6.80. The Labute approximate surface area is 222 Å². The zero-order valence-electron chi connectivity index (χ0n) is 20.7. The molecule has 0 radical (unpaired) electrons. The Hall–Kier alpha value is -4.35. The predicted molar refractivity (Wildman–Crippen MR) is 154 cm³/mol. The third-order valence-corrected chi connectivity index (χ3v) is 6.62. The highest BCUT2D eigenvalue weighted by Crippen LogP contribution is 2.29. The van der Waals surface area contributed by atoms with Crippen molar-refractivity contribution in [3.05, 3.63) is 137 Å². The van der Waals surface area contributed by atoms with Crippen LogP contribution in [0.1, 0.15) is 27.8 Å². The number of benzene rings is 4. The summed E-state index contributed by atoms with van der Waals surface area (Å²) in [7, 11) is 0. The molecule has 2 amide bonds. The van der Waals surface area contributed by atoms with E-state index in [9.17, 15) is 9.59 Å². The van der Waals surface area contributed by atoms with E-state index in [0.717, 1.165) is 17.5 Å². The van der Waals surface area contributed by atoms with Crippen LogP contribution in [-0.4, -0.2) is 16.9 Å². The third-order valence-electron chi connectivity index (χ3n) is 6.26. The van der Waals surface area contributed by atoms with Gasteiger partial charge in [-0.05, 0) is 79.5 Å². The zero-order valence-corrected chi connectivity index (χ0v) is 21.5. The molecule has 1 saturated heterocycles. The molecule has 4 aromatic rings. The molecule has 182 valence electrons. The molecule has 4 nitrogen and oxygen atoms in total. The Bertz CT molecular complexity index is 1430. The number of carbonyl (C=O) groups is 2. The summed E-state index contributed by atoms with van der Waals surface area (Å²) in [5, 5.41) is 0.133. The van der Waals surface area contributed by atoms with E-state index in [2.05, 4.69) is 32.0 Å². The average Bonchev–Trinajstić information content (AvgIpc) is 2.88. The van der Waals surface area contributed by atoms with Crippen molar-refractivity contribution in [3.8, 4) is 0 Å². The fourth-order valence-corrected chi connectivity index (χ4v) is 5.02. The third kappa shape index (κ3) is 5.13. The van der Waals surface area contributed by atoms with E-state index >= 15 is 0 Å². The van der Waals surface area contributed by atoms with Gasteiger partial charge in [-0.1, -0.05) is 90.0 Å². The minimum Gasteiger partial charge on any atom is -0.268 e. The van der Waals surface area contributed by atoms with Crippen LogP contribution in [0, 0.1) is 13.8 Å². The summed E-state index contributed by atoms with van der Waals surface area (Å²) in [5.74, 6) is -0.875. The van der Waals surface area contributed by atoms with Gasteiger partial charge in [-0.3, -0.25) is 19.4 Å². The fraction of sp³-hybridized carbons (Fsp3) is 0.0938. The van der Waals surface area contributed by atoms with Crippen LogP contribution in [-0.2, 0) is 16.0 Å². The molecule has 5 rings (SSSR count). The lowest BCUT2D eigenvalue weighted by atomic mass is 9.99. The quantitative estimate of drug-likeness (QED) is 0.174. The maximum absolute atomic E-state index is 13.6. The van der Waals surface area contributed by atoms with E-state index < -0.39 is 11.8 Å². The number of anilines is 2. The van der Waals surface area contributed by atoms with Crippen LogP contribution in [0.4, 0.5) is 11.4 Å². The highest BCUT2D eigenvalue weighted by atomic mass is 32.1. The SMILES string of the molecule is Cc1cc(C)cc(Cc2ccc(C=C3C(=O)N(c4ccccc4)C(=S)N(c4ccccc4)C3=O)cc2)c1. The van der Waals surface area contributed by atoms with Crippen LogP contribution in [0.15, 0.2) is 109 Å². The molecule has 0 unspecified atom stereocenters. The van der Waals surface area contributed by atoms with Crippen LogP contribution in [0.3, 0.4) is 0 Å². The summed E-state index contributed by atoms with van der Waals surface area (Å²) in [4.78, 5) is 30.1. The number of hydrogen-bond donors (Lipinski definition) is 0. The first-order chi connectivity index (χ1) is 17.9. The zero-order chi connectivity index (χ0) is 25.9.